The molecule has 32 heavy (non-hydrogen) atoms. The lowest BCUT2D eigenvalue weighted by atomic mass is 10.2. The van der Waals surface area contributed by atoms with Crippen LogP contribution in [0.2, 0.25) is 0 Å². The van der Waals surface area contributed by atoms with Crippen molar-refractivity contribution >= 4 is 44.8 Å². The fourth-order valence-electron chi connectivity index (χ4n) is 3.78. The van der Waals surface area contributed by atoms with Gasteiger partial charge in [0, 0.05) is 61.9 Å². The molecule has 0 bridgehead atoms. The topological polar surface area (TPSA) is 72.0 Å². The van der Waals surface area contributed by atoms with Gasteiger partial charge < -0.3 is 10.6 Å². The number of azo groups is 1. The second-order valence-corrected chi connectivity index (χ2v) is 7.88. The second kappa shape index (κ2) is 8.07. The number of fused-ring (bicyclic) bond motifs is 2. The van der Waals surface area contributed by atoms with Crippen molar-refractivity contribution in [1.29, 1.82) is 0 Å². The Morgan fingerprint density at radius 1 is 0.719 bits per heavy atom. The maximum Gasteiger partial charge on any atom is 0.286 e. The number of nitrogens with one attached hydrogen (secondary N) is 1. The van der Waals surface area contributed by atoms with Crippen LogP contribution in [0, 0.1) is 0 Å². The van der Waals surface area contributed by atoms with E-state index in [0.717, 1.165) is 44.8 Å². The predicted octanol–water partition coefficient (Wildman–Crippen LogP) is 5.15. The average Bonchev–Trinajstić information content (AvgIpc) is 2.82. The summed E-state index contributed by atoms with van der Waals surface area (Å²) in [6.07, 6.45) is 0. The van der Waals surface area contributed by atoms with E-state index in [4.69, 9.17) is 5.73 Å². The minimum absolute atomic E-state index is 0.715. The van der Waals surface area contributed by atoms with Crippen LogP contribution in [-0.4, -0.2) is 14.1 Å². The maximum atomic E-state index is 6.12. The molecule has 1 aromatic heterocycles. The Bertz CT molecular complexity index is 1440. The first-order valence-corrected chi connectivity index (χ1v) is 10.4. The van der Waals surface area contributed by atoms with Gasteiger partial charge in [-0.2, -0.15) is 15.2 Å². The third-order valence-electron chi connectivity index (χ3n) is 5.42. The lowest BCUT2D eigenvalue weighted by Crippen LogP contribution is -2.35. The molecule has 0 fully saturated rings. The van der Waals surface area contributed by atoms with E-state index >= 15 is 0 Å². The van der Waals surface area contributed by atoms with Gasteiger partial charge in [0.05, 0.1) is 11.4 Å². The van der Waals surface area contributed by atoms with Crippen molar-refractivity contribution in [2.24, 2.45) is 10.2 Å². The molecule has 156 valence electrons. The van der Waals surface area contributed by atoms with E-state index < -0.39 is 0 Å². The van der Waals surface area contributed by atoms with Gasteiger partial charge in [-0.15, -0.1) is 4.57 Å². The van der Waals surface area contributed by atoms with Crippen LogP contribution in [0.3, 0.4) is 0 Å². The molecule has 0 unspecified atom stereocenters. The molecule has 0 saturated heterocycles. The van der Waals surface area contributed by atoms with Crippen LogP contribution in [0.15, 0.2) is 101 Å². The van der Waals surface area contributed by atoms with Gasteiger partial charge in [-0.1, -0.05) is 18.2 Å². The molecule has 5 aromatic rings. The predicted molar refractivity (Wildman–Crippen MR) is 129 cm³/mol. The first-order valence-electron chi connectivity index (χ1n) is 10.4. The number of rotatable bonds is 4. The molecule has 0 aliphatic rings. The molecule has 0 spiro atoms. The summed E-state index contributed by atoms with van der Waals surface area (Å²) >= 11 is 0. The highest BCUT2D eigenvalue weighted by Crippen LogP contribution is 2.24. The number of hydrogen-bond donors (Lipinski definition) is 1. The number of benzene rings is 4. The number of hydrogen-bond acceptors (Lipinski definition) is 4. The number of aromatic amines is 1. The standard InChI is InChI=1S/C26H22N6/c1-31(2)21-12-9-19(10-13-21)29-30-20-11-15-24-26(17-20)32(22-6-4-3-5-7-22)25-16-18(27)8-14-23(25)28-24/h3-17,27H,1-2H3/p+2. The van der Waals surface area contributed by atoms with Crippen LogP contribution in [0.5, 0.6) is 0 Å². The fraction of sp³-hybridized carbons (Fsp3) is 0.0769. The van der Waals surface area contributed by atoms with Crippen molar-refractivity contribution < 1.29 is 9.55 Å². The molecule has 6 nitrogen and oxygen atoms in total. The van der Waals surface area contributed by atoms with Gasteiger partial charge in [0.1, 0.15) is 0 Å². The number of H-pyrrole nitrogens is 1. The van der Waals surface area contributed by atoms with E-state index in [1.54, 1.807) is 0 Å². The average molecular weight is 421 g/mol. The van der Waals surface area contributed by atoms with Crippen molar-refractivity contribution in [3.05, 3.63) is 91.0 Å². The van der Waals surface area contributed by atoms with Crippen LogP contribution >= 0.6 is 0 Å². The molecule has 0 amide bonds. The Morgan fingerprint density at radius 2 is 1.34 bits per heavy atom. The van der Waals surface area contributed by atoms with Gasteiger partial charge in [-0.3, -0.25) is 0 Å². The zero-order valence-corrected chi connectivity index (χ0v) is 18.0. The van der Waals surface area contributed by atoms with Crippen molar-refractivity contribution in [1.82, 2.24) is 0 Å². The summed E-state index contributed by atoms with van der Waals surface area (Å²) in [6.45, 7) is 0. The fourth-order valence-corrected chi connectivity index (χ4v) is 3.78. The minimum atomic E-state index is 0.715. The molecule has 5 rings (SSSR count). The summed E-state index contributed by atoms with van der Waals surface area (Å²) in [5.74, 6) is 0. The summed E-state index contributed by atoms with van der Waals surface area (Å²) in [5.41, 5.74) is 14.6. The lowest BCUT2D eigenvalue weighted by Gasteiger charge is -2.11. The molecular weight excluding hydrogens is 396 g/mol. The van der Waals surface area contributed by atoms with Crippen molar-refractivity contribution in [2.75, 3.05) is 24.7 Å². The zero-order valence-electron chi connectivity index (χ0n) is 18.0. The quantitative estimate of drug-likeness (QED) is 0.189. The van der Waals surface area contributed by atoms with Crippen LogP contribution in [0.4, 0.5) is 22.7 Å². The third kappa shape index (κ3) is 3.74. The number of nitrogens with zero attached hydrogens (tertiary/aromatic N) is 4. The lowest BCUT2D eigenvalue weighted by molar-refractivity contribution is -0.546. The van der Waals surface area contributed by atoms with Gasteiger partial charge in [0.15, 0.2) is 0 Å². The Morgan fingerprint density at radius 3 is 2.06 bits per heavy atom. The Hall–Kier alpha value is -4.32. The molecule has 1 heterocycles. The molecule has 3 N–H and O–H groups in total. The molecule has 0 atom stereocenters. The van der Waals surface area contributed by atoms with Gasteiger partial charge in [-0.25, -0.2) is 0 Å². The summed E-state index contributed by atoms with van der Waals surface area (Å²) in [6, 6.07) is 30.2. The number of nitrogen functional groups attached to an aromatic ring is 1. The normalized spacial score (nSPS) is 11.4. The largest absolute Gasteiger partial charge is 0.399 e. The van der Waals surface area contributed by atoms with E-state index in [0.29, 0.717) is 5.69 Å². The summed E-state index contributed by atoms with van der Waals surface area (Å²) < 4.78 is 2.20. The number of para-hydroxylation sites is 1. The highest BCUT2D eigenvalue weighted by molar-refractivity contribution is 5.80. The molecule has 0 saturated carbocycles. The smallest absolute Gasteiger partial charge is 0.286 e. The Labute approximate surface area is 186 Å². The van der Waals surface area contributed by atoms with Crippen LogP contribution in [-0.2, 0) is 0 Å². The Balaban J connectivity index is 1.65. The molecule has 6 heteroatoms. The van der Waals surface area contributed by atoms with Crippen molar-refractivity contribution in [2.45, 2.75) is 0 Å². The first kappa shape index (κ1) is 19.6. The number of anilines is 2. The van der Waals surface area contributed by atoms with Gasteiger partial charge in [0.25, 0.3) is 22.1 Å². The second-order valence-electron chi connectivity index (χ2n) is 7.88. The molecule has 0 aliphatic heterocycles. The monoisotopic (exact) mass is 420 g/mol. The van der Waals surface area contributed by atoms with Crippen LogP contribution < -0.4 is 20.2 Å². The number of nitrogens with two attached hydrogens (primary N) is 1. The van der Waals surface area contributed by atoms with Crippen molar-refractivity contribution in [3.8, 4) is 5.69 Å². The van der Waals surface area contributed by atoms with Gasteiger partial charge >= 0.3 is 0 Å². The molecule has 0 aliphatic carbocycles. The summed E-state index contributed by atoms with van der Waals surface area (Å²) in [7, 11) is 4.03. The minimum Gasteiger partial charge on any atom is -0.399 e. The van der Waals surface area contributed by atoms with Gasteiger partial charge in [-0.05, 0) is 36.4 Å². The van der Waals surface area contributed by atoms with E-state index in [-0.39, 0.29) is 0 Å². The molecule has 4 aromatic carbocycles. The Kier molecular flexibility index (Phi) is 4.95. The maximum absolute atomic E-state index is 6.12. The summed E-state index contributed by atoms with van der Waals surface area (Å²) in [4.78, 5) is 5.57. The van der Waals surface area contributed by atoms with Gasteiger partial charge in [0.2, 0.25) is 5.69 Å². The zero-order chi connectivity index (χ0) is 22.1. The highest BCUT2D eigenvalue weighted by atomic mass is 15.1. The van der Waals surface area contributed by atoms with E-state index in [1.165, 1.54) is 0 Å². The molecular formula is C26H24N6+2. The van der Waals surface area contributed by atoms with E-state index in [2.05, 4.69) is 36.8 Å². The summed E-state index contributed by atoms with van der Waals surface area (Å²) in [5, 5.41) is 8.92. The van der Waals surface area contributed by atoms with E-state index in [1.807, 2.05) is 93.0 Å². The van der Waals surface area contributed by atoms with Crippen LogP contribution in [0.25, 0.3) is 27.8 Å². The van der Waals surface area contributed by atoms with E-state index in [9.17, 15) is 0 Å². The first-order chi connectivity index (χ1) is 15.6. The third-order valence-corrected chi connectivity index (χ3v) is 5.42. The SMILES string of the molecule is CN(C)c1ccc(N=Nc2ccc3[nH+]c4ccc(N)cc4[n+](-c4ccccc4)c3c2)cc1. The molecule has 0 radical (unpaired) electrons. The highest BCUT2D eigenvalue weighted by Gasteiger charge is 2.24. The van der Waals surface area contributed by atoms with Crippen LogP contribution in [0.1, 0.15) is 0 Å². The van der Waals surface area contributed by atoms with Crippen molar-refractivity contribution in [3.63, 3.8) is 0 Å². The number of aromatic nitrogens is 2.